The molecule has 0 heterocycles. The van der Waals surface area contributed by atoms with Gasteiger partial charge in [0.05, 0.1) is 18.5 Å². The summed E-state index contributed by atoms with van der Waals surface area (Å²) < 4.78 is 25.4. The third-order valence-corrected chi connectivity index (χ3v) is 4.99. The van der Waals surface area contributed by atoms with E-state index in [0.717, 1.165) is 10.7 Å². The molecule has 1 rings (SSSR count). The van der Waals surface area contributed by atoms with E-state index in [0.29, 0.717) is 12.1 Å². The second-order valence-electron chi connectivity index (χ2n) is 4.59. The maximum Gasteiger partial charge on any atom is 0.239 e. The summed E-state index contributed by atoms with van der Waals surface area (Å²) in [6.07, 6.45) is 1.76. The van der Waals surface area contributed by atoms with Crippen molar-refractivity contribution in [2.75, 3.05) is 18.1 Å². The fourth-order valence-corrected chi connectivity index (χ4v) is 3.24. The second kappa shape index (κ2) is 7.19. The lowest BCUT2D eigenvalue weighted by Crippen LogP contribution is -2.42. The van der Waals surface area contributed by atoms with Crippen LogP contribution in [0.1, 0.15) is 20.3 Å². The van der Waals surface area contributed by atoms with E-state index in [1.165, 1.54) is 4.31 Å². The average Bonchev–Trinajstić information content (AvgIpc) is 2.36. The van der Waals surface area contributed by atoms with Crippen LogP contribution in [0.25, 0.3) is 0 Å². The molecule has 0 aromatic heterocycles. The molecule has 7 heteroatoms. The predicted octanol–water partition coefficient (Wildman–Crippen LogP) is 2.45. The molecule has 0 aliphatic heterocycles. The van der Waals surface area contributed by atoms with E-state index in [1.807, 2.05) is 13.0 Å². The molecule has 1 unspecified atom stereocenters. The normalized spacial score (nSPS) is 13.2. The van der Waals surface area contributed by atoms with Gasteiger partial charge in [0.2, 0.25) is 15.9 Å². The smallest absolute Gasteiger partial charge is 0.239 e. The Kier molecular flexibility index (Phi) is 6.16. The SMILES string of the molecule is CCC(C)N(CC(=O)Nc1ccccc1Br)S(C)(=O)=O. The molecule has 5 nitrogen and oxygen atoms in total. The molecule has 1 aromatic carbocycles. The molecule has 20 heavy (non-hydrogen) atoms. The van der Waals surface area contributed by atoms with E-state index in [-0.39, 0.29) is 18.5 Å². The van der Waals surface area contributed by atoms with E-state index in [4.69, 9.17) is 0 Å². The second-order valence-corrected chi connectivity index (χ2v) is 7.38. The first-order chi connectivity index (χ1) is 9.25. The van der Waals surface area contributed by atoms with Gasteiger partial charge in [0, 0.05) is 10.5 Å². The number of para-hydroxylation sites is 1. The molecule has 0 aliphatic carbocycles. The number of amides is 1. The minimum absolute atomic E-state index is 0.185. The summed E-state index contributed by atoms with van der Waals surface area (Å²) in [6.45, 7) is 3.48. The number of anilines is 1. The molecule has 0 saturated heterocycles. The van der Waals surface area contributed by atoms with Gasteiger partial charge < -0.3 is 5.32 Å². The number of nitrogens with zero attached hydrogens (tertiary/aromatic N) is 1. The van der Waals surface area contributed by atoms with Crippen LogP contribution in [0.4, 0.5) is 5.69 Å². The van der Waals surface area contributed by atoms with E-state index >= 15 is 0 Å². The summed E-state index contributed by atoms with van der Waals surface area (Å²) in [5.74, 6) is -0.359. The van der Waals surface area contributed by atoms with Crippen molar-refractivity contribution in [2.24, 2.45) is 0 Å². The number of benzene rings is 1. The highest BCUT2D eigenvalue weighted by atomic mass is 79.9. The van der Waals surface area contributed by atoms with Gasteiger partial charge in [-0.3, -0.25) is 4.79 Å². The Balaban J connectivity index is 2.80. The van der Waals surface area contributed by atoms with Crippen molar-refractivity contribution < 1.29 is 13.2 Å². The highest BCUT2D eigenvalue weighted by molar-refractivity contribution is 9.10. The van der Waals surface area contributed by atoms with Crippen molar-refractivity contribution in [3.8, 4) is 0 Å². The third-order valence-electron chi connectivity index (χ3n) is 2.96. The molecule has 1 atom stereocenters. The van der Waals surface area contributed by atoms with Crippen LogP contribution in [0.2, 0.25) is 0 Å². The lowest BCUT2D eigenvalue weighted by molar-refractivity contribution is -0.116. The fraction of sp³-hybridized carbons (Fsp3) is 0.462. The minimum Gasteiger partial charge on any atom is -0.324 e. The number of hydrogen-bond acceptors (Lipinski definition) is 3. The van der Waals surface area contributed by atoms with Crippen molar-refractivity contribution in [2.45, 2.75) is 26.3 Å². The quantitative estimate of drug-likeness (QED) is 0.844. The van der Waals surface area contributed by atoms with Gasteiger partial charge >= 0.3 is 0 Å². The summed E-state index contributed by atoms with van der Waals surface area (Å²) in [7, 11) is -3.41. The number of nitrogens with one attached hydrogen (secondary N) is 1. The zero-order valence-corrected chi connectivity index (χ0v) is 14.2. The molecule has 0 saturated carbocycles. The lowest BCUT2D eigenvalue weighted by atomic mass is 10.2. The van der Waals surface area contributed by atoms with Crippen molar-refractivity contribution in [3.63, 3.8) is 0 Å². The molecular formula is C13H19BrN2O3S. The molecule has 0 radical (unpaired) electrons. The van der Waals surface area contributed by atoms with Gasteiger partial charge in [0.15, 0.2) is 0 Å². The maximum absolute atomic E-state index is 12.0. The van der Waals surface area contributed by atoms with Gasteiger partial charge in [-0.05, 0) is 41.4 Å². The minimum atomic E-state index is -3.41. The maximum atomic E-state index is 12.0. The molecule has 112 valence electrons. The van der Waals surface area contributed by atoms with Crippen LogP contribution in [0.3, 0.4) is 0 Å². The van der Waals surface area contributed by atoms with E-state index < -0.39 is 10.0 Å². The highest BCUT2D eigenvalue weighted by Gasteiger charge is 2.24. The van der Waals surface area contributed by atoms with Crippen LogP contribution in [0.15, 0.2) is 28.7 Å². The van der Waals surface area contributed by atoms with Gasteiger partial charge in [-0.2, -0.15) is 4.31 Å². The molecule has 1 amide bonds. The van der Waals surface area contributed by atoms with Crippen molar-refractivity contribution in [3.05, 3.63) is 28.7 Å². The summed E-state index contributed by atoms with van der Waals surface area (Å²) in [5, 5.41) is 2.70. The topological polar surface area (TPSA) is 66.5 Å². The zero-order valence-electron chi connectivity index (χ0n) is 11.8. The number of carbonyl (C=O) groups excluding carboxylic acids is 1. The number of sulfonamides is 1. The zero-order chi connectivity index (χ0) is 15.3. The largest absolute Gasteiger partial charge is 0.324 e. The van der Waals surface area contributed by atoms with E-state index in [2.05, 4.69) is 21.2 Å². The summed E-state index contributed by atoms with van der Waals surface area (Å²) in [6, 6.07) is 6.97. The van der Waals surface area contributed by atoms with Crippen LogP contribution in [0, 0.1) is 0 Å². The first kappa shape index (κ1) is 17.1. The van der Waals surface area contributed by atoms with E-state index in [1.54, 1.807) is 25.1 Å². The van der Waals surface area contributed by atoms with E-state index in [9.17, 15) is 13.2 Å². The summed E-state index contributed by atoms with van der Waals surface area (Å²) >= 11 is 3.33. The Bertz CT molecular complexity index is 575. The van der Waals surface area contributed by atoms with Crippen molar-refractivity contribution >= 4 is 37.5 Å². The lowest BCUT2D eigenvalue weighted by Gasteiger charge is -2.25. The standard InChI is InChI=1S/C13H19BrN2O3S/c1-4-10(2)16(20(3,18)19)9-13(17)15-12-8-6-5-7-11(12)14/h5-8,10H,4,9H2,1-3H3,(H,15,17). The number of halogens is 1. The predicted molar refractivity (Wildman–Crippen MR) is 84.1 cm³/mol. The summed E-state index contributed by atoms with van der Waals surface area (Å²) in [4.78, 5) is 12.0. The van der Waals surface area contributed by atoms with Crippen molar-refractivity contribution in [1.82, 2.24) is 4.31 Å². The van der Waals surface area contributed by atoms with Crippen LogP contribution in [-0.4, -0.2) is 37.5 Å². The van der Waals surface area contributed by atoms with Crippen LogP contribution in [-0.2, 0) is 14.8 Å². The first-order valence-electron chi connectivity index (χ1n) is 6.27. The van der Waals surface area contributed by atoms with Crippen LogP contribution < -0.4 is 5.32 Å². The van der Waals surface area contributed by atoms with Gasteiger partial charge in [-0.1, -0.05) is 19.1 Å². The molecule has 0 fully saturated rings. The molecule has 0 aliphatic rings. The Labute approximate surface area is 128 Å². The van der Waals surface area contributed by atoms with Gasteiger partial charge in [-0.25, -0.2) is 8.42 Å². The number of carbonyl (C=O) groups is 1. The molecule has 1 aromatic rings. The Hall–Kier alpha value is -0.920. The first-order valence-corrected chi connectivity index (χ1v) is 8.91. The highest BCUT2D eigenvalue weighted by Crippen LogP contribution is 2.21. The van der Waals surface area contributed by atoms with Gasteiger partial charge in [0.25, 0.3) is 0 Å². The van der Waals surface area contributed by atoms with Gasteiger partial charge in [-0.15, -0.1) is 0 Å². The Morgan fingerprint density at radius 3 is 2.50 bits per heavy atom. The fourth-order valence-electron chi connectivity index (χ4n) is 1.70. The Morgan fingerprint density at radius 1 is 1.40 bits per heavy atom. The molecule has 0 spiro atoms. The van der Waals surface area contributed by atoms with Crippen LogP contribution in [0.5, 0.6) is 0 Å². The summed E-state index contributed by atoms with van der Waals surface area (Å²) in [5.41, 5.74) is 0.620. The molecule has 1 N–H and O–H groups in total. The monoisotopic (exact) mass is 362 g/mol. The third kappa shape index (κ3) is 4.88. The molecular weight excluding hydrogens is 344 g/mol. The average molecular weight is 363 g/mol. The Morgan fingerprint density at radius 2 is 2.00 bits per heavy atom. The number of rotatable bonds is 6. The molecule has 0 bridgehead atoms. The van der Waals surface area contributed by atoms with Crippen LogP contribution >= 0.6 is 15.9 Å². The van der Waals surface area contributed by atoms with Crippen molar-refractivity contribution in [1.29, 1.82) is 0 Å². The van der Waals surface area contributed by atoms with Gasteiger partial charge in [0.1, 0.15) is 0 Å². The number of hydrogen-bond donors (Lipinski definition) is 1.